The summed E-state index contributed by atoms with van der Waals surface area (Å²) in [6, 6.07) is 0. The molecule has 0 heterocycles. The highest BCUT2D eigenvalue weighted by Gasteiger charge is 2.45. The zero-order valence-electron chi connectivity index (χ0n) is 8.14. The molecule has 0 spiro atoms. The van der Waals surface area contributed by atoms with Gasteiger partial charge in [0.2, 0.25) is 0 Å². The van der Waals surface area contributed by atoms with E-state index < -0.39 is 19.6 Å². The molecule has 0 saturated carbocycles. The predicted octanol–water partition coefficient (Wildman–Crippen LogP) is 3.37. The maximum absolute atomic E-state index is 12.1. The number of carbonyl (C=O) groups is 1. The minimum absolute atomic E-state index is 0.205. The normalized spacial score (nSPS) is 13.1. The van der Waals surface area contributed by atoms with E-state index >= 15 is 0 Å². The summed E-state index contributed by atoms with van der Waals surface area (Å²) in [5, 5.41) is 0. The summed E-state index contributed by atoms with van der Waals surface area (Å²) in [5.41, 5.74) is -1.94. The number of carbonyl (C=O) groups excluding carboxylic acids is 1. The molecule has 1 nitrogen and oxygen atoms in total. The Hall–Kier alpha value is -0.110. The van der Waals surface area contributed by atoms with Crippen LogP contribution < -0.4 is 0 Å². The van der Waals surface area contributed by atoms with Crippen molar-refractivity contribution in [2.75, 3.05) is 0 Å². The predicted molar refractivity (Wildman–Crippen MR) is 48.3 cm³/mol. The topological polar surface area (TPSA) is 17.1 Å². The van der Waals surface area contributed by atoms with Gasteiger partial charge in [0, 0.05) is 0 Å². The first-order chi connectivity index (χ1) is 5.68. The van der Waals surface area contributed by atoms with Crippen LogP contribution in [0, 0.1) is 0 Å². The summed E-state index contributed by atoms with van der Waals surface area (Å²) >= 11 is 0. The Morgan fingerprint density at radius 2 is 1.38 bits per heavy atom. The van der Waals surface area contributed by atoms with Crippen LogP contribution in [0.1, 0.15) is 27.7 Å². The van der Waals surface area contributed by atoms with Crippen LogP contribution in [0.4, 0.5) is 13.2 Å². The lowest BCUT2D eigenvalue weighted by Crippen LogP contribution is -2.26. The van der Waals surface area contributed by atoms with Crippen LogP contribution in [-0.2, 0) is 4.79 Å². The van der Waals surface area contributed by atoms with Gasteiger partial charge in [-0.05, 0) is 19.2 Å². The standard InChI is InChI=1S/C8H14F3OP/c1-5(2)13(6(3)4)7(12)8(9,10)11/h5-6H,1-4H3. The van der Waals surface area contributed by atoms with Crippen LogP contribution >= 0.6 is 7.92 Å². The van der Waals surface area contributed by atoms with Gasteiger partial charge in [-0.2, -0.15) is 13.2 Å². The Morgan fingerprint density at radius 1 is 1.08 bits per heavy atom. The fraction of sp³-hybridized carbons (Fsp3) is 0.875. The summed E-state index contributed by atoms with van der Waals surface area (Å²) in [7, 11) is -1.59. The van der Waals surface area contributed by atoms with E-state index in [1.807, 2.05) is 0 Å². The zero-order chi connectivity index (χ0) is 10.8. The van der Waals surface area contributed by atoms with E-state index in [0.717, 1.165) is 0 Å². The fourth-order valence-electron chi connectivity index (χ4n) is 1.21. The Kier molecular flexibility index (Phi) is 4.37. The van der Waals surface area contributed by atoms with Gasteiger partial charge in [0.1, 0.15) is 0 Å². The molecule has 0 N–H and O–H groups in total. The molecule has 0 aliphatic carbocycles. The van der Waals surface area contributed by atoms with Gasteiger partial charge in [0.15, 0.2) is 0 Å². The highest BCUT2D eigenvalue weighted by atomic mass is 31.1. The highest BCUT2D eigenvalue weighted by molar-refractivity contribution is 7.76. The highest BCUT2D eigenvalue weighted by Crippen LogP contribution is 2.50. The molecular weight excluding hydrogens is 200 g/mol. The Morgan fingerprint density at radius 3 is 1.46 bits per heavy atom. The van der Waals surface area contributed by atoms with E-state index in [2.05, 4.69) is 0 Å². The molecule has 0 aliphatic rings. The number of rotatable bonds is 3. The minimum Gasteiger partial charge on any atom is -0.284 e. The van der Waals surface area contributed by atoms with Crippen molar-refractivity contribution in [1.29, 1.82) is 0 Å². The molecule has 0 amide bonds. The van der Waals surface area contributed by atoms with Crippen LogP contribution in [0.3, 0.4) is 0 Å². The molecular formula is C8H14F3OP. The second-order valence-electron chi connectivity index (χ2n) is 3.40. The number of halogens is 3. The molecule has 0 bridgehead atoms. The summed E-state index contributed by atoms with van der Waals surface area (Å²) in [4.78, 5) is 11.0. The van der Waals surface area contributed by atoms with E-state index in [1.54, 1.807) is 27.7 Å². The Bertz CT molecular complexity index is 178. The van der Waals surface area contributed by atoms with Crippen molar-refractivity contribution < 1.29 is 18.0 Å². The van der Waals surface area contributed by atoms with E-state index in [1.165, 1.54) is 0 Å². The lowest BCUT2D eigenvalue weighted by atomic mass is 10.5. The molecule has 0 aliphatic heterocycles. The molecule has 0 saturated heterocycles. The molecule has 0 rings (SSSR count). The monoisotopic (exact) mass is 214 g/mol. The number of hydrogen-bond acceptors (Lipinski definition) is 1. The SMILES string of the molecule is CC(C)P(C(=O)C(F)(F)F)C(C)C. The molecule has 0 fully saturated rings. The lowest BCUT2D eigenvalue weighted by molar-refractivity contribution is -0.161. The van der Waals surface area contributed by atoms with Gasteiger partial charge >= 0.3 is 6.18 Å². The molecule has 78 valence electrons. The van der Waals surface area contributed by atoms with E-state index in [9.17, 15) is 18.0 Å². The molecule has 0 aromatic carbocycles. The first-order valence-corrected chi connectivity index (χ1v) is 5.55. The molecule has 5 heteroatoms. The second kappa shape index (κ2) is 4.41. The zero-order valence-corrected chi connectivity index (χ0v) is 9.04. The van der Waals surface area contributed by atoms with Gasteiger partial charge in [-0.1, -0.05) is 27.7 Å². The minimum atomic E-state index is -4.67. The van der Waals surface area contributed by atoms with Gasteiger partial charge in [0.05, 0.1) is 0 Å². The molecule has 0 radical (unpaired) electrons. The fourth-order valence-corrected chi connectivity index (χ4v) is 3.64. The summed E-state index contributed by atoms with van der Waals surface area (Å²) in [5.74, 6) is 0. The molecule has 0 aromatic heterocycles. The molecule has 13 heavy (non-hydrogen) atoms. The van der Waals surface area contributed by atoms with Crippen molar-refractivity contribution in [3.05, 3.63) is 0 Å². The van der Waals surface area contributed by atoms with Crippen molar-refractivity contribution in [1.82, 2.24) is 0 Å². The van der Waals surface area contributed by atoms with Crippen LogP contribution in [-0.4, -0.2) is 23.0 Å². The molecule has 0 aromatic rings. The molecule has 0 unspecified atom stereocenters. The first kappa shape index (κ1) is 12.9. The third-order valence-electron chi connectivity index (χ3n) is 1.59. The first-order valence-electron chi connectivity index (χ1n) is 4.07. The van der Waals surface area contributed by atoms with Gasteiger partial charge in [-0.25, -0.2) is 0 Å². The van der Waals surface area contributed by atoms with Gasteiger partial charge < -0.3 is 0 Å². The van der Waals surface area contributed by atoms with Crippen molar-refractivity contribution in [3.63, 3.8) is 0 Å². The Balaban J connectivity index is 4.68. The summed E-state index contributed by atoms with van der Waals surface area (Å²) < 4.78 is 36.3. The average molecular weight is 214 g/mol. The van der Waals surface area contributed by atoms with Crippen molar-refractivity contribution in [3.8, 4) is 0 Å². The number of hydrogen-bond donors (Lipinski definition) is 0. The molecule has 0 atom stereocenters. The van der Waals surface area contributed by atoms with E-state index in [-0.39, 0.29) is 11.3 Å². The quantitative estimate of drug-likeness (QED) is 0.658. The summed E-state index contributed by atoms with van der Waals surface area (Å²) in [6.45, 7) is 6.65. The van der Waals surface area contributed by atoms with Gasteiger partial charge in [-0.3, -0.25) is 4.79 Å². The third-order valence-corrected chi connectivity index (χ3v) is 4.54. The van der Waals surface area contributed by atoms with Crippen LogP contribution in [0.2, 0.25) is 0 Å². The second-order valence-corrected chi connectivity index (χ2v) is 6.68. The van der Waals surface area contributed by atoms with Gasteiger partial charge in [0.25, 0.3) is 5.52 Å². The van der Waals surface area contributed by atoms with Crippen LogP contribution in [0.25, 0.3) is 0 Å². The third kappa shape index (κ3) is 3.63. The average Bonchev–Trinajstić information content (AvgIpc) is 1.82. The summed E-state index contributed by atoms with van der Waals surface area (Å²) in [6.07, 6.45) is -4.67. The van der Waals surface area contributed by atoms with Gasteiger partial charge in [-0.15, -0.1) is 0 Å². The Labute approximate surface area is 77.5 Å². The smallest absolute Gasteiger partial charge is 0.284 e. The van der Waals surface area contributed by atoms with Crippen molar-refractivity contribution in [2.45, 2.75) is 45.2 Å². The van der Waals surface area contributed by atoms with Crippen molar-refractivity contribution in [2.24, 2.45) is 0 Å². The van der Waals surface area contributed by atoms with Crippen LogP contribution in [0.15, 0.2) is 0 Å². The van der Waals surface area contributed by atoms with E-state index in [0.29, 0.717) is 0 Å². The maximum atomic E-state index is 12.1. The largest absolute Gasteiger partial charge is 0.454 e. The van der Waals surface area contributed by atoms with E-state index in [4.69, 9.17) is 0 Å². The maximum Gasteiger partial charge on any atom is 0.454 e. The number of alkyl halides is 3. The van der Waals surface area contributed by atoms with Crippen molar-refractivity contribution >= 4 is 13.4 Å². The van der Waals surface area contributed by atoms with Crippen LogP contribution in [0.5, 0.6) is 0 Å². The lowest BCUT2D eigenvalue weighted by Gasteiger charge is -2.24.